The molecule has 0 aliphatic carbocycles. The van der Waals surface area contributed by atoms with Gasteiger partial charge in [-0.25, -0.2) is 0 Å². The highest BCUT2D eigenvalue weighted by Gasteiger charge is 2.01. The smallest absolute Gasteiger partial charge is 0.237 e. The number of amides is 1. The second-order valence-electron chi connectivity index (χ2n) is 1.51. The van der Waals surface area contributed by atoms with Crippen molar-refractivity contribution in [3.8, 4) is 0 Å². The Balaban J connectivity index is 3.26. The number of carbonyl (C=O) groups excluding carboxylic acids is 1. The van der Waals surface area contributed by atoms with Crippen LogP contribution in [0.3, 0.4) is 0 Å². The van der Waals surface area contributed by atoms with Crippen LogP contribution in [0, 0.1) is 0 Å². The maximum Gasteiger partial charge on any atom is 0.237 e. The molecule has 2 N–H and O–H groups in total. The van der Waals surface area contributed by atoms with Crippen LogP contribution in [0.5, 0.6) is 0 Å². The van der Waals surface area contributed by atoms with E-state index < -0.39 is 6.41 Å². The standard InChI is InChI=1S/C5H11NO3/c1-3-9-5(8)6-4(2)7/h5,8H,3H2,1-2H3,(H,6,7). The van der Waals surface area contributed by atoms with E-state index in [9.17, 15) is 4.79 Å². The van der Waals surface area contributed by atoms with Gasteiger partial charge in [-0.3, -0.25) is 4.79 Å². The molecule has 0 spiro atoms. The Morgan fingerprint density at radius 3 is 2.78 bits per heavy atom. The van der Waals surface area contributed by atoms with Gasteiger partial charge < -0.3 is 15.2 Å². The van der Waals surface area contributed by atoms with E-state index in [1.54, 1.807) is 6.92 Å². The molecule has 1 amide bonds. The molecule has 0 aliphatic heterocycles. The van der Waals surface area contributed by atoms with Crippen LogP contribution in [0.2, 0.25) is 0 Å². The second kappa shape index (κ2) is 4.29. The molecule has 4 nitrogen and oxygen atoms in total. The van der Waals surface area contributed by atoms with Gasteiger partial charge in [-0.15, -0.1) is 0 Å². The first-order chi connectivity index (χ1) is 4.16. The number of carbonyl (C=O) groups is 1. The summed E-state index contributed by atoms with van der Waals surface area (Å²) in [6, 6.07) is 0. The van der Waals surface area contributed by atoms with Crippen molar-refractivity contribution in [1.82, 2.24) is 5.32 Å². The first kappa shape index (κ1) is 8.39. The van der Waals surface area contributed by atoms with Crippen LogP contribution in [0.4, 0.5) is 0 Å². The van der Waals surface area contributed by atoms with E-state index in [0.717, 1.165) is 0 Å². The van der Waals surface area contributed by atoms with E-state index >= 15 is 0 Å². The number of ether oxygens (including phenoxy) is 1. The quantitative estimate of drug-likeness (QED) is 0.507. The Morgan fingerprint density at radius 1 is 1.89 bits per heavy atom. The molecule has 1 atom stereocenters. The second-order valence-corrected chi connectivity index (χ2v) is 1.51. The Bertz CT molecular complexity index is 94.2. The number of rotatable bonds is 3. The summed E-state index contributed by atoms with van der Waals surface area (Å²) in [6.45, 7) is 3.41. The average molecular weight is 133 g/mol. The van der Waals surface area contributed by atoms with Crippen molar-refractivity contribution >= 4 is 5.91 Å². The van der Waals surface area contributed by atoms with E-state index in [2.05, 4.69) is 10.1 Å². The van der Waals surface area contributed by atoms with Gasteiger partial charge in [0.2, 0.25) is 12.3 Å². The summed E-state index contributed by atoms with van der Waals surface area (Å²) >= 11 is 0. The van der Waals surface area contributed by atoms with Crippen LogP contribution in [-0.4, -0.2) is 24.0 Å². The maximum absolute atomic E-state index is 10.2. The average Bonchev–Trinajstić information content (AvgIpc) is 1.63. The highest BCUT2D eigenvalue weighted by molar-refractivity contribution is 5.72. The van der Waals surface area contributed by atoms with Crippen LogP contribution in [0.15, 0.2) is 0 Å². The van der Waals surface area contributed by atoms with Gasteiger partial charge in [0.15, 0.2) is 0 Å². The molecule has 0 saturated heterocycles. The van der Waals surface area contributed by atoms with Crippen LogP contribution < -0.4 is 5.32 Å². The van der Waals surface area contributed by atoms with Crippen LogP contribution in [0.1, 0.15) is 13.8 Å². The highest BCUT2D eigenvalue weighted by Crippen LogP contribution is 1.78. The van der Waals surface area contributed by atoms with E-state index in [1.807, 2.05) is 0 Å². The fourth-order valence-electron chi connectivity index (χ4n) is 0.373. The lowest BCUT2D eigenvalue weighted by Gasteiger charge is -2.09. The zero-order valence-corrected chi connectivity index (χ0v) is 5.55. The predicted molar refractivity (Wildman–Crippen MR) is 31.4 cm³/mol. The Morgan fingerprint density at radius 2 is 2.44 bits per heavy atom. The molecule has 0 fully saturated rings. The fraction of sp³-hybridized carbons (Fsp3) is 0.800. The molecule has 0 aromatic rings. The maximum atomic E-state index is 10.2. The molecular formula is C5H11NO3. The van der Waals surface area contributed by atoms with Crippen molar-refractivity contribution in [3.63, 3.8) is 0 Å². The van der Waals surface area contributed by atoms with E-state index in [0.29, 0.717) is 6.61 Å². The lowest BCUT2D eigenvalue weighted by molar-refractivity contribution is -0.143. The molecule has 0 saturated carbocycles. The van der Waals surface area contributed by atoms with Gasteiger partial charge in [0.1, 0.15) is 0 Å². The van der Waals surface area contributed by atoms with Gasteiger partial charge in [0.25, 0.3) is 0 Å². The highest BCUT2D eigenvalue weighted by atomic mass is 16.6. The van der Waals surface area contributed by atoms with Crippen molar-refractivity contribution in [1.29, 1.82) is 0 Å². The zero-order valence-electron chi connectivity index (χ0n) is 5.55. The van der Waals surface area contributed by atoms with Crippen molar-refractivity contribution < 1.29 is 14.6 Å². The third kappa shape index (κ3) is 5.26. The van der Waals surface area contributed by atoms with Gasteiger partial charge in [0, 0.05) is 13.5 Å². The normalized spacial score (nSPS) is 12.8. The molecule has 0 aliphatic rings. The third-order valence-corrected chi connectivity index (χ3v) is 0.651. The first-order valence-corrected chi connectivity index (χ1v) is 2.73. The first-order valence-electron chi connectivity index (χ1n) is 2.73. The van der Waals surface area contributed by atoms with Gasteiger partial charge in [0.05, 0.1) is 0 Å². The number of hydrogen-bond donors (Lipinski definition) is 2. The lowest BCUT2D eigenvalue weighted by atomic mass is 10.7. The summed E-state index contributed by atoms with van der Waals surface area (Å²) in [4.78, 5) is 10.2. The largest absolute Gasteiger partial charge is 0.351 e. The molecule has 0 rings (SSSR count). The minimum absolute atomic E-state index is 0.309. The number of aliphatic hydroxyl groups excluding tert-OH is 1. The molecule has 54 valence electrons. The van der Waals surface area contributed by atoms with Crippen molar-refractivity contribution in [2.75, 3.05) is 6.61 Å². The SMILES string of the molecule is CCOC(O)NC(C)=O. The molecule has 1 unspecified atom stereocenters. The van der Waals surface area contributed by atoms with Gasteiger partial charge in [-0.1, -0.05) is 0 Å². The number of nitrogens with one attached hydrogen (secondary N) is 1. The Hall–Kier alpha value is -0.610. The number of aliphatic hydroxyl groups is 1. The van der Waals surface area contributed by atoms with Crippen molar-refractivity contribution in [3.05, 3.63) is 0 Å². The summed E-state index contributed by atoms with van der Waals surface area (Å²) in [6.07, 6.45) is -1.16. The molecular weight excluding hydrogens is 122 g/mol. The lowest BCUT2D eigenvalue weighted by Crippen LogP contribution is -2.34. The topological polar surface area (TPSA) is 58.6 Å². The fourth-order valence-corrected chi connectivity index (χ4v) is 0.373. The Labute approximate surface area is 53.8 Å². The monoisotopic (exact) mass is 133 g/mol. The summed E-state index contributed by atoms with van der Waals surface area (Å²) in [5.41, 5.74) is 0. The zero-order chi connectivity index (χ0) is 7.28. The Kier molecular flexibility index (Phi) is 4.00. The van der Waals surface area contributed by atoms with Crippen molar-refractivity contribution in [2.45, 2.75) is 20.3 Å². The van der Waals surface area contributed by atoms with Crippen molar-refractivity contribution in [2.24, 2.45) is 0 Å². The van der Waals surface area contributed by atoms with E-state index in [1.165, 1.54) is 6.92 Å². The van der Waals surface area contributed by atoms with Gasteiger partial charge in [-0.05, 0) is 6.92 Å². The summed E-state index contributed by atoms with van der Waals surface area (Å²) in [7, 11) is 0. The third-order valence-electron chi connectivity index (χ3n) is 0.651. The summed E-state index contributed by atoms with van der Waals surface area (Å²) in [5.74, 6) is -0.309. The van der Waals surface area contributed by atoms with E-state index in [-0.39, 0.29) is 5.91 Å². The minimum atomic E-state index is -1.16. The minimum Gasteiger partial charge on any atom is -0.351 e. The molecule has 0 aromatic heterocycles. The molecule has 0 bridgehead atoms. The van der Waals surface area contributed by atoms with Crippen LogP contribution in [0.25, 0.3) is 0 Å². The molecule has 9 heavy (non-hydrogen) atoms. The molecule has 0 aromatic carbocycles. The van der Waals surface area contributed by atoms with Gasteiger partial charge >= 0.3 is 0 Å². The van der Waals surface area contributed by atoms with Crippen LogP contribution in [-0.2, 0) is 9.53 Å². The van der Waals surface area contributed by atoms with Crippen LogP contribution >= 0.6 is 0 Å². The summed E-state index contributed by atoms with van der Waals surface area (Å²) < 4.78 is 4.58. The number of hydrogen-bond acceptors (Lipinski definition) is 3. The summed E-state index contributed by atoms with van der Waals surface area (Å²) in [5, 5.41) is 10.8. The molecule has 4 heteroatoms. The predicted octanol–water partition coefficient (Wildman–Crippen LogP) is -0.565. The molecule has 0 heterocycles. The van der Waals surface area contributed by atoms with E-state index in [4.69, 9.17) is 5.11 Å². The molecule has 0 radical (unpaired) electrons. The van der Waals surface area contributed by atoms with Gasteiger partial charge in [-0.2, -0.15) is 0 Å².